The average Bonchev–Trinajstić information content (AvgIpc) is 2.43. The lowest BCUT2D eigenvalue weighted by Gasteiger charge is -2.27. The van der Waals surface area contributed by atoms with Crippen molar-refractivity contribution in [3.05, 3.63) is 0 Å². The minimum absolute atomic E-state index is 0.336. The van der Waals surface area contributed by atoms with Gasteiger partial charge in [0.2, 0.25) is 5.91 Å². The molecule has 0 rings (SSSR count). The molecule has 0 saturated heterocycles. The summed E-state index contributed by atoms with van der Waals surface area (Å²) in [6, 6.07) is 0. The molecule has 0 aliphatic rings. The fourth-order valence-electron chi connectivity index (χ4n) is 1.59. The van der Waals surface area contributed by atoms with Crippen LogP contribution < -0.4 is 11.1 Å². The largest absolute Gasteiger partial charge is 0.382 e. The normalized spacial score (nSPS) is 14.2. The summed E-state index contributed by atoms with van der Waals surface area (Å²) in [4.78, 5) is 11.5. The first-order valence-electron chi connectivity index (χ1n) is 7.26. The molecule has 0 aliphatic carbocycles. The first kappa shape index (κ1) is 19.3. The number of hydrogen-bond donors (Lipinski definition) is 2. The molecule has 0 aromatic carbocycles. The Morgan fingerprint density at radius 3 is 2.35 bits per heavy atom. The molecule has 0 spiro atoms. The fourth-order valence-corrected chi connectivity index (χ4v) is 1.59. The fraction of sp³-hybridized carbons (Fsp3) is 0.929. The Morgan fingerprint density at radius 1 is 1.15 bits per heavy atom. The minimum atomic E-state index is -0.690. The van der Waals surface area contributed by atoms with Gasteiger partial charge in [0.1, 0.15) is 0 Å². The second-order valence-corrected chi connectivity index (χ2v) is 4.94. The molecule has 0 radical (unpaired) electrons. The van der Waals surface area contributed by atoms with Crippen LogP contribution in [0.4, 0.5) is 0 Å². The summed E-state index contributed by atoms with van der Waals surface area (Å²) in [6.07, 6.45) is 2.37. The molecular weight excluding hydrogens is 260 g/mol. The SMILES string of the molecule is CCCNC(C)(CCOCCCOCCOC)C(N)=O. The Hall–Kier alpha value is -0.690. The van der Waals surface area contributed by atoms with E-state index in [1.54, 1.807) is 7.11 Å². The highest BCUT2D eigenvalue weighted by Gasteiger charge is 2.29. The Balaban J connectivity index is 3.61. The molecule has 6 heteroatoms. The van der Waals surface area contributed by atoms with Gasteiger partial charge in [0.05, 0.1) is 18.8 Å². The predicted octanol–water partition coefficient (Wildman–Crippen LogP) is 0.690. The number of amides is 1. The van der Waals surface area contributed by atoms with Crippen molar-refractivity contribution in [2.24, 2.45) is 5.73 Å². The first-order valence-corrected chi connectivity index (χ1v) is 7.26. The zero-order chi connectivity index (χ0) is 15.3. The molecule has 1 unspecified atom stereocenters. The van der Waals surface area contributed by atoms with E-state index in [2.05, 4.69) is 12.2 Å². The number of methoxy groups -OCH3 is 1. The van der Waals surface area contributed by atoms with Crippen molar-refractivity contribution < 1.29 is 19.0 Å². The van der Waals surface area contributed by atoms with Crippen molar-refractivity contribution in [2.75, 3.05) is 46.7 Å². The van der Waals surface area contributed by atoms with E-state index in [0.29, 0.717) is 39.5 Å². The summed E-state index contributed by atoms with van der Waals surface area (Å²) in [5, 5.41) is 3.18. The van der Waals surface area contributed by atoms with Crippen LogP contribution in [0.3, 0.4) is 0 Å². The summed E-state index contributed by atoms with van der Waals surface area (Å²) in [5.41, 5.74) is 4.74. The number of rotatable bonds is 14. The topological polar surface area (TPSA) is 82.8 Å². The van der Waals surface area contributed by atoms with Gasteiger partial charge in [0.15, 0.2) is 0 Å². The van der Waals surface area contributed by atoms with Crippen LogP contribution in [0.2, 0.25) is 0 Å². The van der Waals surface area contributed by atoms with Crippen molar-refractivity contribution in [3.8, 4) is 0 Å². The van der Waals surface area contributed by atoms with Crippen molar-refractivity contribution in [3.63, 3.8) is 0 Å². The maximum absolute atomic E-state index is 11.5. The van der Waals surface area contributed by atoms with Crippen LogP contribution in [0.5, 0.6) is 0 Å². The lowest BCUT2D eigenvalue weighted by Crippen LogP contribution is -2.54. The van der Waals surface area contributed by atoms with E-state index >= 15 is 0 Å². The monoisotopic (exact) mass is 290 g/mol. The molecule has 0 heterocycles. The molecule has 0 bridgehead atoms. The van der Waals surface area contributed by atoms with Gasteiger partial charge in [-0.15, -0.1) is 0 Å². The van der Waals surface area contributed by atoms with Crippen LogP contribution in [-0.2, 0) is 19.0 Å². The molecule has 1 atom stereocenters. The number of ether oxygens (including phenoxy) is 3. The lowest BCUT2D eigenvalue weighted by atomic mass is 9.97. The highest BCUT2D eigenvalue weighted by molar-refractivity contribution is 5.84. The van der Waals surface area contributed by atoms with E-state index < -0.39 is 5.54 Å². The molecule has 1 amide bonds. The summed E-state index contributed by atoms with van der Waals surface area (Å²) >= 11 is 0. The van der Waals surface area contributed by atoms with Crippen LogP contribution in [0.1, 0.15) is 33.1 Å². The van der Waals surface area contributed by atoms with Gasteiger partial charge in [0.25, 0.3) is 0 Å². The van der Waals surface area contributed by atoms with E-state index in [-0.39, 0.29) is 5.91 Å². The molecule has 0 fully saturated rings. The molecule has 3 N–H and O–H groups in total. The maximum Gasteiger partial charge on any atom is 0.237 e. The average molecular weight is 290 g/mol. The second kappa shape index (κ2) is 12.1. The summed E-state index contributed by atoms with van der Waals surface area (Å²) < 4.78 is 15.7. The quantitative estimate of drug-likeness (QED) is 0.460. The van der Waals surface area contributed by atoms with Crippen molar-refractivity contribution in [1.82, 2.24) is 5.32 Å². The predicted molar refractivity (Wildman–Crippen MR) is 78.6 cm³/mol. The van der Waals surface area contributed by atoms with E-state index in [1.807, 2.05) is 6.92 Å². The smallest absolute Gasteiger partial charge is 0.237 e. The third-order valence-corrected chi connectivity index (χ3v) is 3.06. The van der Waals surface area contributed by atoms with Crippen LogP contribution in [0, 0.1) is 0 Å². The maximum atomic E-state index is 11.5. The summed E-state index contributed by atoms with van der Waals surface area (Å²) in [7, 11) is 1.65. The van der Waals surface area contributed by atoms with E-state index in [9.17, 15) is 4.79 Å². The zero-order valence-corrected chi connectivity index (χ0v) is 13.1. The Kier molecular flexibility index (Phi) is 11.7. The van der Waals surface area contributed by atoms with E-state index in [4.69, 9.17) is 19.9 Å². The standard InChI is InChI=1S/C14H30N2O4/c1-4-7-16-14(2,13(15)17)6-10-19-8-5-9-20-12-11-18-3/h16H,4-12H2,1-3H3,(H2,15,17). The number of nitrogens with two attached hydrogens (primary N) is 1. The molecule has 0 aliphatic heterocycles. The molecule has 0 aromatic rings. The summed E-state index contributed by atoms with van der Waals surface area (Å²) in [6.45, 7) is 7.65. The molecule has 120 valence electrons. The minimum Gasteiger partial charge on any atom is -0.382 e. The summed E-state index contributed by atoms with van der Waals surface area (Å²) in [5.74, 6) is -0.336. The van der Waals surface area contributed by atoms with Gasteiger partial charge in [-0.25, -0.2) is 0 Å². The number of carbonyl (C=O) groups is 1. The third-order valence-electron chi connectivity index (χ3n) is 3.06. The van der Waals surface area contributed by atoms with Crippen molar-refractivity contribution in [1.29, 1.82) is 0 Å². The van der Waals surface area contributed by atoms with E-state index in [0.717, 1.165) is 19.4 Å². The van der Waals surface area contributed by atoms with Gasteiger partial charge >= 0.3 is 0 Å². The van der Waals surface area contributed by atoms with Gasteiger partial charge in [-0.05, 0) is 32.7 Å². The van der Waals surface area contributed by atoms with Crippen LogP contribution in [0.15, 0.2) is 0 Å². The number of hydrogen-bond acceptors (Lipinski definition) is 5. The molecule has 20 heavy (non-hydrogen) atoms. The third kappa shape index (κ3) is 9.25. The van der Waals surface area contributed by atoms with Crippen LogP contribution >= 0.6 is 0 Å². The molecule has 0 saturated carbocycles. The second-order valence-electron chi connectivity index (χ2n) is 4.94. The number of nitrogens with one attached hydrogen (secondary N) is 1. The van der Waals surface area contributed by atoms with Crippen LogP contribution in [0.25, 0.3) is 0 Å². The number of carbonyl (C=O) groups excluding carboxylic acids is 1. The lowest BCUT2D eigenvalue weighted by molar-refractivity contribution is -0.124. The highest BCUT2D eigenvalue weighted by atomic mass is 16.5. The van der Waals surface area contributed by atoms with Gasteiger partial charge in [-0.2, -0.15) is 0 Å². The Bertz CT molecular complexity index is 251. The molecule has 6 nitrogen and oxygen atoms in total. The van der Waals surface area contributed by atoms with E-state index in [1.165, 1.54) is 0 Å². The van der Waals surface area contributed by atoms with Gasteiger partial charge < -0.3 is 25.3 Å². The van der Waals surface area contributed by atoms with Crippen LogP contribution in [-0.4, -0.2) is 58.1 Å². The van der Waals surface area contributed by atoms with Gasteiger partial charge in [0, 0.05) is 26.9 Å². The highest BCUT2D eigenvalue weighted by Crippen LogP contribution is 2.09. The van der Waals surface area contributed by atoms with Gasteiger partial charge in [-0.1, -0.05) is 6.92 Å². The first-order chi connectivity index (χ1) is 9.56. The van der Waals surface area contributed by atoms with Gasteiger partial charge in [-0.3, -0.25) is 4.79 Å². The number of primary amides is 1. The molecule has 0 aromatic heterocycles. The zero-order valence-electron chi connectivity index (χ0n) is 13.1. The Morgan fingerprint density at radius 2 is 1.80 bits per heavy atom. The van der Waals surface area contributed by atoms with Crippen molar-refractivity contribution >= 4 is 5.91 Å². The molecular formula is C14H30N2O4. The van der Waals surface area contributed by atoms with Crippen molar-refractivity contribution in [2.45, 2.75) is 38.6 Å². The Labute approximate surface area is 122 Å².